The van der Waals surface area contributed by atoms with Crippen LogP contribution >= 0.6 is 0 Å². The van der Waals surface area contributed by atoms with Crippen LogP contribution in [0, 0.1) is 5.92 Å². The zero-order valence-electron chi connectivity index (χ0n) is 12.4. The molecule has 1 saturated heterocycles. The van der Waals surface area contributed by atoms with Gasteiger partial charge in [-0.05, 0) is 32.2 Å². The van der Waals surface area contributed by atoms with Gasteiger partial charge in [0.05, 0.1) is 13.1 Å². The largest absolute Gasteiger partial charge is 0.355 e. The molecule has 0 saturated carbocycles. The SMILES string of the molecule is CCNC(=O)CN(CC)CC(=O)N1CCCC(C)C1. The first-order valence-electron chi connectivity index (χ1n) is 7.33. The second-order valence-electron chi connectivity index (χ2n) is 5.34. The fraction of sp³-hybridized carbons (Fsp3) is 0.857. The van der Waals surface area contributed by atoms with Crippen molar-refractivity contribution in [2.24, 2.45) is 5.92 Å². The third-order valence-electron chi connectivity index (χ3n) is 3.56. The lowest BCUT2D eigenvalue weighted by Gasteiger charge is -2.32. The number of hydrogen-bond donors (Lipinski definition) is 1. The zero-order valence-corrected chi connectivity index (χ0v) is 12.4. The van der Waals surface area contributed by atoms with Crippen LogP contribution in [0.25, 0.3) is 0 Å². The third-order valence-corrected chi connectivity index (χ3v) is 3.56. The van der Waals surface area contributed by atoms with Crippen molar-refractivity contribution in [3.8, 4) is 0 Å². The molecular weight excluding hydrogens is 242 g/mol. The average Bonchev–Trinajstić information content (AvgIpc) is 2.38. The number of piperidine rings is 1. The standard InChI is InChI=1S/C14H27N3O2/c1-4-15-13(18)10-16(5-2)11-14(19)17-8-6-7-12(3)9-17/h12H,4-11H2,1-3H3,(H,15,18). The number of rotatable bonds is 6. The molecule has 0 aromatic rings. The number of carbonyl (C=O) groups excluding carboxylic acids is 2. The third kappa shape index (κ3) is 5.59. The molecule has 0 aromatic heterocycles. The molecular formula is C14H27N3O2. The van der Waals surface area contributed by atoms with Gasteiger partial charge in [0.1, 0.15) is 0 Å². The first-order chi connectivity index (χ1) is 9.06. The molecule has 1 rings (SSSR count). The number of likely N-dealkylation sites (tertiary alicyclic amines) is 1. The van der Waals surface area contributed by atoms with E-state index in [4.69, 9.17) is 0 Å². The van der Waals surface area contributed by atoms with Gasteiger partial charge in [0.15, 0.2) is 0 Å². The molecule has 1 aliphatic heterocycles. The highest BCUT2D eigenvalue weighted by molar-refractivity contribution is 5.81. The Hall–Kier alpha value is -1.10. The summed E-state index contributed by atoms with van der Waals surface area (Å²) in [5.41, 5.74) is 0. The van der Waals surface area contributed by atoms with Gasteiger partial charge in [-0.1, -0.05) is 13.8 Å². The van der Waals surface area contributed by atoms with E-state index in [-0.39, 0.29) is 11.8 Å². The van der Waals surface area contributed by atoms with Crippen molar-refractivity contribution in [2.75, 3.05) is 39.3 Å². The monoisotopic (exact) mass is 269 g/mol. The van der Waals surface area contributed by atoms with Gasteiger partial charge in [-0.15, -0.1) is 0 Å². The quantitative estimate of drug-likeness (QED) is 0.772. The molecule has 0 bridgehead atoms. The summed E-state index contributed by atoms with van der Waals surface area (Å²) in [6, 6.07) is 0. The first kappa shape index (κ1) is 16.0. The molecule has 19 heavy (non-hydrogen) atoms. The van der Waals surface area contributed by atoms with Gasteiger partial charge in [-0.2, -0.15) is 0 Å². The minimum absolute atomic E-state index is 0.0100. The van der Waals surface area contributed by atoms with Crippen LogP contribution in [-0.4, -0.2) is 60.9 Å². The van der Waals surface area contributed by atoms with Crippen LogP contribution in [-0.2, 0) is 9.59 Å². The van der Waals surface area contributed by atoms with Crippen LogP contribution in [0.15, 0.2) is 0 Å². The van der Waals surface area contributed by atoms with Crippen molar-refractivity contribution < 1.29 is 9.59 Å². The average molecular weight is 269 g/mol. The van der Waals surface area contributed by atoms with Gasteiger partial charge < -0.3 is 10.2 Å². The summed E-state index contributed by atoms with van der Waals surface area (Å²) in [5, 5.41) is 2.76. The molecule has 1 unspecified atom stereocenters. The molecule has 0 aliphatic carbocycles. The van der Waals surface area contributed by atoms with E-state index in [1.54, 1.807) is 0 Å². The van der Waals surface area contributed by atoms with Crippen molar-refractivity contribution in [2.45, 2.75) is 33.6 Å². The molecule has 5 heteroatoms. The van der Waals surface area contributed by atoms with Crippen LogP contribution in [0.2, 0.25) is 0 Å². The van der Waals surface area contributed by atoms with E-state index >= 15 is 0 Å². The highest BCUT2D eigenvalue weighted by atomic mass is 16.2. The summed E-state index contributed by atoms with van der Waals surface area (Å²) in [6.45, 7) is 9.78. The summed E-state index contributed by atoms with van der Waals surface area (Å²) in [7, 11) is 0. The van der Waals surface area contributed by atoms with Crippen molar-refractivity contribution in [3.05, 3.63) is 0 Å². The van der Waals surface area contributed by atoms with Crippen LogP contribution in [0.3, 0.4) is 0 Å². The maximum Gasteiger partial charge on any atom is 0.236 e. The summed E-state index contributed by atoms with van der Waals surface area (Å²) in [6.07, 6.45) is 2.30. The summed E-state index contributed by atoms with van der Waals surface area (Å²) >= 11 is 0. The second kappa shape index (κ2) is 8.15. The first-order valence-corrected chi connectivity index (χ1v) is 7.33. The van der Waals surface area contributed by atoms with E-state index in [0.717, 1.165) is 19.5 Å². The molecule has 0 aromatic carbocycles. The fourth-order valence-corrected chi connectivity index (χ4v) is 2.44. The molecule has 5 nitrogen and oxygen atoms in total. The summed E-state index contributed by atoms with van der Waals surface area (Å²) in [5.74, 6) is 0.734. The van der Waals surface area contributed by atoms with Crippen LogP contribution < -0.4 is 5.32 Å². The van der Waals surface area contributed by atoms with Gasteiger partial charge in [0.2, 0.25) is 11.8 Å². The van der Waals surface area contributed by atoms with Gasteiger partial charge in [-0.25, -0.2) is 0 Å². The Kier molecular flexibility index (Phi) is 6.84. The second-order valence-corrected chi connectivity index (χ2v) is 5.34. The highest BCUT2D eigenvalue weighted by Gasteiger charge is 2.22. The maximum absolute atomic E-state index is 12.2. The van der Waals surface area contributed by atoms with E-state index in [9.17, 15) is 9.59 Å². The molecule has 0 spiro atoms. The zero-order chi connectivity index (χ0) is 14.3. The number of nitrogens with zero attached hydrogens (tertiary/aromatic N) is 2. The van der Waals surface area contributed by atoms with E-state index < -0.39 is 0 Å². The molecule has 110 valence electrons. The van der Waals surface area contributed by atoms with Crippen LogP contribution in [0.1, 0.15) is 33.6 Å². The molecule has 1 N–H and O–H groups in total. The molecule has 1 atom stereocenters. The minimum Gasteiger partial charge on any atom is -0.355 e. The lowest BCUT2D eigenvalue weighted by Crippen LogP contribution is -2.46. The molecule has 1 heterocycles. The van der Waals surface area contributed by atoms with Crippen molar-refractivity contribution in [1.29, 1.82) is 0 Å². The van der Waals surface area contributed by atoms with E-state index in [1.165, 1.54) is 6.42 Å². The number of likely N-dealkylation sites (N-methyl/N-ethyl adjacent to an activating group) is 2. The van der Waals surface area contributed by atoms with Crippen molar-refractivity contribution >= 4 is 11.8 Å². The van der Waals surface area contributed by atoms with E-state index in [2.05, 4.69) is 12.2 Å². The number of amides is 2. The number of hydrogen-bond acceptors (Lipinski definition) is 3. The summed E-state index contributed by atoms with van der Waals surface area (Å²) < 4.78 is 0. The Morgan fingerprint density at radius 1 is 1.32 bits per heavy atom. The smallest absolute Gasteiger partial charge is 0.236 e. The lowest BCUT2D eigenvalue weighted by atomic mass is 10.0. The van der Waals surface area contributed by atoms with Crippen LogP contribution in [0.4, 0.5) is 0 Å². The van der Waals surface area contributed by atoms with Gasteiger partial charge in [-0.3, -0.25) is 14.5 Å². The van der Waals surface area contributed by atoms with Crippen molar-refractivity contribution in [1.82, 2.24) is 15.1 Å². The molecule has 0 radical (unpaired) electrons. The van der Waals surface area contributed by atoms with E-state index in [1.807, 2.05) is 23.6 Å². The Labute approximate surface area is 116 Å². The van der Waals surface area contributed by atoms with Gasteiger partial charge in [0, 0.05) is 19.6 Å². The lowest BCUT2D eigenvalue weighted by molar-refractivity contribution is -0.134. The Morgan fingerprint density at radius 3 is 2.63 bits per heavy atom. The highest BCUT2D eigenvalue weighted by Crippen LogP contribution is 2.15. The van der Waals surface area contributed by atoms with Crippen LogP contribution in [0.5, 0.6) is 0 Å². The van der Waals surface area contributed by atoms with Gasteiger partial charge in [0.25, 0.3) is 0 Å². The maximum atomic E-state index is 12.2. The predicted octanol–water partition coefficient (Wildman–Crippen LogP) is 0.703. The normalized spacial score (nSPS) is 19.6. The van der Waals surface area contributed by atoms with Gasteiger partial charge >= 0.3 is 0 Å². The fourth-order valence-electron chi connectivity index (χ4n) is 2.44. The molecule has 1 fully saturated rings. The molecule has 2 amide bonds. The Morgan fingerprint density at radius 2 is 2.05 bits per heavy atom. The Balaban J connectivity index is 2.41. The predicted molar refractivity (Wildman–Crippen MR) is 75.8 cm³/mol. The Bertz CT molecular complexity index is 307. The number of nitrogens with one attached hydrogen (secondary N) is 1. The summed E-state index contributed by atoms with van der Waals surface area (Å²) in [4.78, 5) is 27.6. The minimum atomic E-state index is -0.0100. The van der Waals surface area contributed by atoms with E-state index in [0.29, 0.717) is 32.1 Å². The number of carbonyl (C=O) groups is 2. The molecule has 1 aliphatic rings. The topological polar surface area (TPSA) is 52.7 Å². The van der Waals surface area contributed by atoms with Crippen molar-refractivity contribution in [3.63, 3.8) is 0 Å².